The van der Waals surface area contributed by atoms with Crippen molar-refractivity contribution in [3.8, 4) is 5.88 Å². The Kier molecular flexibility index (Phi) is 9.43. The summed E-state index contributed by atoms with van der Waals surface area (Å²) in [5.41, 5.74) is 0. The van der Waals surface area contributed by atoms with E-state index in [0.717, 1.165) is 0 Å². The Morgan fingerprint density at radius 1 is 1.20 bits per heavy atom. The van der Waals surface area contributed by atoms with Crippen LogP contribution < -0.4 is 14.8 Å². The van der Waals surface area contributed by atoms with Gasteiger partial charge in [-0.15, -0.1) is 12.4 Å². The molecule has 0 atom stereocenters. The summed E-state index contributed by atoms with van der Waals surface area (Å²) in [4.78, 5) is 3.97. The molecule has 1 aromatic rings. The zero-order valence-corrected chi connectivity index (χ0v) is 13.1. The van der Waals surface area contributed by atoms with E-state index in [2.05, 4.69) is 15.0 Å². The summed E-state index contributed by atoms with van der Waals surface area (Å²) in [5, 5.41) is 3.04. The van der Waals surface area contributed by atoms with Crippen molar-refractivity contribution in [2.75, 3.05) is 40.5 Å². The normalized spacial score (nSPS) is 10.9. The molecule has 0 bridgehead atoms. The van der Waals surface area contributed by atoms with Crippen molar-refractivity contribution < 1.29 is 17.9 Å². The summed E-state index contributed by atoms with van der Waals surface area (Å²) in [6, 6.07) is 2.96. The van der Waals surface area contributed by atoms with Gasteiger partial charge in [0.15, 0.2) is 0 Å². The van der Waals surface area contributed by atoms with Gasteiger partial charge in [0.25, 0.3) is 0 Å². The van der Waals surface area contributed by atoms with Gasteiger partial charge in [0.05, 0.1) is 19.9 Å². The second-order valence-corrected chi connectivity index (χ2v) is 5.44. The van der Waals surface area contributed by atoms with Gasteiger partial charge in [0.2, 0.25) is 15.9 Å². The number of pyridine rings is 1. The minimum absolute atomic E-state index is 0. The lowest BCUT2D eigenvalue weighted by Crippen LogP contribution is -2.33. The Morgan fingerprint density at radius 3 is 2.50 bits per heavy atom. The van der Waals surface area contributed by atoms with Crippen molar-refractivity contribution in [2.24, 2.45) is 0 Å². The van der Waals surface area contributed by atoms with E-state index in [4.69, 9.17) is 9.47 Å². The minimum Gasteiger partial charge on any atom is -0.481 e. The van der Waals surface area contributed by atoms with Crippen LogP contribution in [0.1, 0.15) is 0 Å². The number of ether oxygens (including phenoxy) is 2. The second kappa shape index (κ2) is 9.89. The molecule has 0 radical (unpaired) electrons. The van der Waals surface area contributed by atoms with Crippen LogP contribution in [0.3, 0.4) is 0 Å². The van der Waals surface area contributed by atoms with Crippen LogP contribution in [0.25, 0.3) is 0 Å². The van der Waals surface area contributed by atoms with Crippen LogP contribution in [-0.4, -0.2) is 53.9 Å². The SMILES string of the molecule is COCCNCCNS(=O)(=O)c1ccc(OC)nc1.Cl. The van der Waals surface area contributed by atoms with Crippen LogP contribution in [0.2, 0.25) is 0 Å². The predicted octanol–water partition coefficient (Wildman–Crippen LogP) is 0.0263. The van der Waals surface area contributed by atoms with Crippen LogP contribution in [0.15, 0.2) is 23.2 Å². The molecule has 0 aromatic carbocycles. The number of methoxy groups -OCH3 is 2. The van der Waals surface area contributed by atoms with Crippen LogP contribution in [0.4, 0.5) is 0 Å². The van der Waals surface area contributed by atoms with E-state index in [9.17, 15) is 8.42 Å². The first-order valence-corrected chi connectivity index (χ1v) is 7.28. The highest BCUT2D eigenvalue weighted by Crippen LogP contribution is 2.11. The maximum atomic E-state index is 11.9. The Balaban J connectivity index is 0.00000361. The molecule has 0 aliphatic carbocycles. The summed E-state index contributed by atoms with van der Waals surface area (Å²) in [6.07, 6.45) is 1.26. The summed E-state index contributed by atoms with van der Waals surface area (Å²) in [7, 11) is -0.432. The van der Waals surface area contributed by atoms with Crippen LogP contribution in [0.5, 0.6) is 5.88 Å². The number of nitrogens with one attached hydrogen (secondary N) is 2. The molecule has 0 fully saturated rings. The first-order chi connectivity index (χ1) is 9.10. The number of rotatable bonds is 9. The zero-order chi connectivity index (χ0) is 14.1. The maximum Gasteiger partial charge on any atom is 0.242 e. The maximum absolute atomic E-state index is 11.9. The first kappa shape index (κ1) is 19.1. The minimum atomic E-state index is -3.52. The van der Waals surface area contributed by atoms with Crippen molar-refractivity contribution >= 4 is 22.4 Å². The number of nitrogens with zero attached hydrogens (tertiary/aromatic N) is 1. The molecule has 0 spiro atoms. The number of halogens is 1. The summed E-state index contributed by atoms with van der Waals surface area (Å²) in [6.45, 7) is 2.11. The fourth-order valence-electron chi connectivity index (χ4n) is 1.30. The average Bonchev–Trinajstić information content (AvgIpc) is 2.43. The standard InChI is InChI=1S/C11H19N3O4S.ClH/c1-17-8-7-12-5-6-14-19(15,16)10-3-4-11(18-2)13-9-10;/h3-4,9,12,14H,5-8H2,1-2H3;1H. The van der Waals surface area contributed by atoms with Gasteiger partial charge >= 0.3 is 0 Å². The fourth-order valence-corrected chi connectivity index (χ4v) is 2.28. The molecule has 2 N–H and O–H groups in total. The van der Waals surface area contributed by atoms with Gasteiger partial charge in [0.1, 0.15) is 4.90 Å². The fraction of sp³-hybridized carbons (Fsp3) is 0.545. The molecular formula is C11H20ClN3O4S. The topological polar surface area (TPSA) is 89.6 Å². The van der Waals surface area contributed by atoms with Crippen LogP contribution in [0, 0.1) is 0 Å². The van der Waals surface area contributed by atoms with E-state index in [0.29, 0.717) is 32.1 Å². The highest BCUT2D eigenvalue weighted by Gasteiger charge is 2.13. The molecule has 1 aromatic heterocycles. The Morgan fingerprint density at radius 2 is 1.95 bits per heavy atom. The molecule has 116 valence electrons. The summed E-state index contributed by atoms with van der Waals surface area (Å²) in [5.74, 6) is 0.375. The number of hydrogen-bond donors (Lipinski definition) is 2. The molecule has 1 heterocycles. The molecule has 1 rings (SSSR count). The van der Waals surface area contributed by atoms with E-state index < -0.39 is 10.0 Å². The molecule has 0 aliphatic rings. The molecule has 0 amide bonds. The predicted molar refractivity (Wildman–Crippen MR) is 78.0 cm³/mol. The van der Waals surface area contributed by atoms with Gasteiger partial charge < -0.3 is 14.8 Å². The third-order valence-electron chi connectivity index (χ3n) is 2.31. The Bertz CT molecular complexity index is 467. The molecular weight excluding hydrogens is 306 g/mol. The van der Waals surface area contributed by atoms with Crippen molar-refractivity contribution in [2.45, 2.75) is 4.90 Å². The van der Waals surface area contributed by atoms with Crippen molar-refractivity contribution in [1.29, 1.82) is 0 Å². The monoisotopic (exact) mass is 325 g/mol. The third-order valence-corrected chi connectivity index (χ3v) is 3.75. The molecule has 7 nitrogen and oxygen atoms in total. The van der Waals surface area contributed by atoms with E-state index in [-0.39, 0.29) is 17.3 Å². The van der Waals surface area contributed by atoms with Gasteiger partial charge in [-0.25, -0.2) is 18.1 Å². The molecule has 0 saturated heterocycles. The largest absolute Gasteiger partial charge is 0.481 e. The van der Waals surface area contributed by atoms with E-state index >= 15 is 0 Å². The van der Waals surface area contributed by atoms with Crippen LogP contribution in [-0.2, 0) is 14.8 Å². The highest BCUT2D eigenvalue weighted by atomic mass is 35.5. The van der Waals surface area contributed by atoms with E-state index in [1.165, 1.54) is 25.4 Å². The van der Waals surface area contributed by atoms with E-state index in [1.807, 2.05) is 0 Å². The lowest BCUT2D eigenvalue weighted by molar-refractivity contribution is 0.199. The molecule has 0 unspecified atom stereocenters. The van der Waals surface area contributed by atoms with Gasteiger partial charge in [-0.05, 0) is 6.07 Å². The van der Waals surface area contributed by atoms with Gasteiger partial charge in [0, 0.05) is 32.8 Å². The quantitative estimate of drug-likeness (QED) is 0.622. The van der Waals surface area contributed by atoms with Crippen molar-refractivity contribution in [1.82, 2.24) is 15.0 Å². The Hall–Kier alpha value is -0.930. The van der Waals surface area contributed by atoms with Gasteiger partial charge in [-0.1, -0.05) is 0 Å². The van der Waals surface area contributed by atoms with E-state index in [1.54, 1.807) is 7.11 Å². The number of aromatic nitrogens is 1. The smallest absolute Gasteiger partial charge is 0.242 e. The lowest BCUT2D eigenvalue weighted by atomic mass is 10.5. The first-order valence-electron chi connectivity index (χ1n) is 5.79. The highest BCUT2D eigenvalue weighted by molar-refractivity contribution is 7.89. The van der Waals surface area contributed by atoms with Gasteiger partial charge in [-0.2, -0.15) is 0 Å². The van der Waals surface area contributed by atoms with Crippen molar-refractivity contribution in [3.63, 3.8) is 0 Å². The third kappa shape index (κ3) is 6.49. The summed E-state index contributed by atoms with van der Waals surface area (Å²) < 4.78 is 36.0. The van der Waals surface area contributed by atoms with Crippen molar-refractivity contribution in [3.05, 3.63) is 18.3 Å². The Labute approximate surface area is 125 Å². The molecule has 20 heavy (non-hydrogen) atoms. The number of sulfonamides is 1. The summed E-state index contributed by atoms with van der Waals surface area (Å²) >= 11 is 0. The van der Waals surface area contributed by atoms with Crippen LogP contribution >= 0.6 is 12.4 Å². The lowest BCUT2D eigenvalue weighted by Gasteiger charge is -2.07. The molecule has 0 aliphatic heterocycles. The zero-order valence-electron chi connectivity index (χ0n) is 11.5. The molecule has 0 saturated carbocycles. The second-order valence-electron chi connectivity index (χ2n) is 3.68. The van der Waals surface area contributed by atoms with Gasteiger partial charge in [-0.3, -0.25) is 0 Å². The number of hydrogen-bond acceptors (Lipinski definition) is 6. The molecule has 9 heteroatoms. The average molecular weight is 326 g/mol.